The number of nitrogens with two attached hydrogens (primary N) is 1. The number of hydrogen-bond acceptors (Lipinski definition) is 4. The maximum absolute atomic E-state index is 12.1. The Hall–Kier alpha value is -2.38. The summed E-state index contributed by atoms with van der Waals surface area (Å²) in [7, 11) is -2.27. The Morgan fingerprint density at radius 2 is 1.91 bits per heavy atom. The molecule has 0 bridgehead atoms. The van der Waals surface area contributed by atoms with Crippen molar-refractivity contribution in [2.45, 2.75) is 11.3 Å². The van der Waals surface area contributed by atoms with E-state index in [4.69, 9.17) is 9.88 Å². The molecule has 2 aromatic rings. The number of rotatable bonds is 5. The van der Waals surface area contributed by atoms with Gasteiger partial charge in [-0.3, -0.25) is 4.79 Å². The molecule has 2 rings (SSSR count). The number of para-hydroxylation sites is 1. The smallest absolute Gasteiger partial charge is 0.238 e. The van der Waals surface area contributed by atoms with Crippen LogP contribution in [0.1, 0.15) is 5.56 Å². The zero-order valence-corrected chi connectivity index (χ0v) is 12.8. The summed E-state index contributed by atoms with van der Waals surface area (Å²) < 4.78 is 27.8. The van der Waals surface area contributed by atoms with Crippen molar-refractivity contribution in [3.05, 3.63) is 54.1 Å². The average Bonchev–Trinajstić information content (AvgIpc) is 2.47. The van der Waals surface area contributed by atoms with Crippen LogP contribution in [0, 0.1) is 0 Å². The highest BCUT2D eigenvalue weighted by Crippen LogP contribution is 2.19. The van der Waals surface area contributed by atoms with Crippen LogP contribution < -0.4 is 15.2 Å². The minimum absolute atomic E-state index is 0.0532. The molecular weight excluding hydrogens is 304 g/mol. The van der Waals surface area contributed by atoms with Crippen LogP contribution in [0.5, 0.6) is 5.75 Å². The van der Waals surface area contributed by atoms with Crippen molar-refractivity contribution in [1.29, 1.82) is 0 Å². The van der Waals surface area contributed by atoms with Gasteiger partial charge in [0.15, 0.2) is 0 Å². The first-order valence-electron chi connectivity index (χ1n) is 6.45. The molecule has 0 aliphatic carbocycles. The maximum atomic E-state index is 12.1. The predicted molar refractivity (Wildman–Crippen MR) is 83.1 cm³/mol. The van der Waals surface area contributed by atoms with Gasteiger partial charge in [-0.15, -0.1) is 0 Å². The van der Waals surface area contributed by atoms with Crippen LogP contribution in [0.25, 0.3) is 0 Å². The Kier molecular flexibility index (Phi) is 4.79. The molecule has 0 aliphatic heterocycles. The quantitative estimate of drug-likeness (QED) is 0.872. The highest BCUT2D eigenvalue weighted by atomic mass is 32.2. The predicted octanol–water partition coefficient (Wildman–Crippen LogP) is 1.52. The average molecular weight is 320 g/mol. The van der Waals surface area contributed by atoms with Crippen LogP contribution in [-0.2, 0) is 21.2 Å². The Labute approximate surface area is 129 Å². The lowest BCUT2D eigenvalue weighted by Crippen LogP contribution is -2.16. The molecule has 6 nitrogen and oxygen atoms in total. The molecule has 0 unspecified atom stereocenters. The monoisotopic (exact) mass is 320 g/mol. The molecule has 0 fully saturated rings. The van der Waals surface area contributed by atoms with Crippen LogP contribution >= 0.6 is 0 Å². The van der Waals surface area contributed by atoms with E-state index in [-0.39, 0.29) is 17.2 Å². The zero-order chi connectivity index (χ0) is 16.2. The van der Waals surface area contributed by atoms with Gasteiger partial charge in [0.2, 0.25) is 15.9 Å². The van der Waals surface area contributed by atoms with Crippen molar-refractivity contribution in [1.82, 2.24) is 0 Å². The van der Waals surface area contributed by atoms with E-state index in [1.165, 1.54) is 25.3 Å². The van der Waals surface area contributed by atoms with Gasteiger partial charge in [0.25, 0.3) is 0 Å². The van der Waals surface area contributed by atoms with Gasteiger partial charge in [-0.1, -0.05) is 24.3 Å². The first kappa shape index (κ1) is 16.0. The first-order chi connectivity index (χ1) is 10.4. The molecule has 0 saturated carbocycles. The summed E-state index contributed by atoms with van der Waals surface area (Å²) in [5.74, 6) is 0.340. The van der Waals surface area contributed by atoms with Crippen LogP contribution in [0.2, 0.25) is 0 Å². The number of sulfonamides is 1. The van der Waals surface area contributed by atoms with E-state index in [1.807, 2.05) is 12.1 Å². The largest absolute Gasteiger partial charge is 0.496 e. The number of benzene rings is 2. The van der Waals surface area contributed by atoms with Gasteiger partial charge in [-0.05, 0) is 24.3 Å². The van der Waals surface area contributed by atoms with Gasteiger partial charge in [0.05, 0.1) is 18.4 Å². The van der Waals surface area contributed by atoms with Crippen LogP contribution in [0.15, 0.2) is 53.4 Å². The molecule has 3 N–H and O–H groups in total. The standard InChI is InChI=1S/C15H16N2O4S/c1-21-14-8-3-2-5-11(14)9-15(18)17-12-6-4-7-13(10-12)22(16,19)20/h2-8,10H,9H2,1H3,(H,17,18)(H2,16,19,20). The molecule has 0 aromatic heterocycles. The highest BCUT2D eigenvalue weighted by Gasteiger charge is 2.11. The lowest BCUT2D eigenvalue weighted by Gasteiger charge is -2.09. The third-order valence-corrected chi connectivity index (χ3v) is 3.90. The molecule has 0 radical (unpaired) electrons. The number of amides is 1. The summed E-state index contributed by atoms with van der Waals surface area (Å²) >= 11 is 0. The molecule has 0 saturated heterocycles. The molecule has 0 aliphatic rings. The lowest BCUT2D eigenvalue weighted by atomic mass is 10.1. The van der Waals surface area contributed by atoms with Gasteiger partial charge < -0.3 is 10.1 Å². The molecule has 7 heteroatoms. The molecule has 1 amide bonds. The van der Waals surface area contributed by atoms with Crippen molar-refractivity contribution in [3.8, 4) is 5.75 Å². The summed E-state index contributed by atoms with van der Waals surface area (Å²) in [5.41, 5.74) is 1.11. The van der Waals surface area contributed by atoms with Crippen molar-refractivity contribution >= 4 is 21.6 Å². The van der Waals surface area contributed by atoms with Gasteiger partial charge in [0.1, 0.15) is 5.75 Å². The fourth-order valence-corrected chi connectivity index (χ4v) is 2.54. The van der Waals surface area contributed by atoms with E-state index in [1.54, 1.807) is 18.2 Å². The lowest BCUT2D eigenvalue weighted by molar-refractivity contribution is -0.115. The van der Waals surface area contributed by atoms with Crippen molar-refractivity contribution in [2.24, 2.45) is 5.14 Å². The number of ether oxygens (including phenoxy) is 1. The number of hydrogen-bond donors (Lipinski definition) is 2. The van der Waals surface area contributed by atoms with Gasteiger partial charge >= 0.3 is 0 Å². The van der Waals surface area contributed by atoms with Crippen LogP contribution in [-0.4, -0.2) is 21.4 Å². The Morgan fingerprint density at radius 1 is 1.18 bits per heavy atom. The van der Waals surface area contributed by atoms with Gasteiger partial charge in [-0.2, -0.15) is 0 Å². The van der Waals surface area contributed by atoms with Crippen LogP contribution in [0.4, 0.5) is 5.69 Å². The van der Waals surface area contributed by atoms with Crippen molar-refractivity contribution < 1.29 is 17.9 Å². The fraction of sp³-hybridized carbons (Fsp3) is 0.133. The topological polar surface area (TPSA) is 98.5 Å². The van der Waals surface area contributed by atoms with E-state index >= 15 is 0 Å². The van der Waals surface area contributed by atoms with E-state index in [9.17, 15) is 13.2 Å². The van der Waals surface area contributed by atoms with E-state index in [2.05, 4.69) is 5.32 Å². The number of methoxy groups -OCH3 is 1. The summed E-state index contributed by atoms with van der Waals surface area (Å²) in [6.45, 7) is 0. The summed E-state index contributed by atoms with van der Waals surface area (Å²) in [4.78, 5) is 12.0. The molecule has 0 spiro atoms. The van der Waals surface area contributed by atoms with E-state index < -0.39 is 10.0 Å². The van der Waals surface area contributed by atoms with Crippen LogP contribution in [0.3, 0.4) is 0 Å². The van der Waals surface area contributed by atoms with Gasteiger partial charge in [0, 0.05) is 11.3 Å². The molecule has 0 atom stereocenters. The van der Waals surface area contributed by atoms with E-state index in [0.29, 0.717) is 11.4 Å². The number of carbonyl (C=O) groups excluding carboxylic acids is 1. The van der Waals surface area contributed by atoms with E-state index in [0.717, 1.165) is 5.56 Å². The second-order valence-electron chi connectivity index (χ2n) is 4.61. The van der Waals surface area contributed by atoms with Gasteiger partial charge in [-0.25, -0.2) is 13.6 Å². The second-order valence-corrected chi connectivity index (χ2v) is 6.17. The van der Waals surface area contributed by atoms with Crippen molar-refractivity contribution in [2.75, 3.05) is 12.4 Å². The number of nitrogens with one attached hydrogen (secondary N) is 1. The molecule has 2 aromatic carbocycles. The Balaban J connectivity index is 2.13. The normalized spacial score (nSPS) is 11.0. The fourth-order valence-electron chi connectivity index (χ4n) is 1.98. The molecular formula is C15H16N2O4S. The number of primary sulfonamides is 1. The number of anilines is 1. The molecule has 22 heavy (non-hydrogen) atoms. The van der Waals surface area contributed by atoms with Crippen molar-refractivity contribution in [3.63, 3.8) is 0 Å². The SMILES string of the molecule is COc1ccccc1CC(=O)Nc1cccc(S(N)(=O)=O)c1. The zero-order valence-electron chi connectivity index (χ0n) is 11.9. The Morgan fingerprint density at radius 3 is 2.59 bits per heavy atom. The second kappa shape index (κ2) is 6.59. The highest BCUT2D eigenvalue weighted by molar-refractivity contribution is 7.89. The molecule has 116 valence electrons. The minimum Gasteiger partial charge on any atom is -0.496 e. The summed E-state index contributed by atoms with van der Waals surface area (Å²) in [6.07, 6.45) is 0.115. The summed E-state index contributed by atoms with van der Waals surface area (Å²) in [6, 6.07) is 13.0. The maximum Gasteiger partial charge on any atom is 0.238 e. The summed E-state index contributed by atoms with van der Waals surface area (Å²) in [5, 5.41) is 7.70. The number of carbonyl (C=O) groups is 1. The first-order valence-corrected chi connectivity index (χ1v) is 7.99. The minimum atomic E-state index is -3.80. The Bertz CT molecular complexity index is 788. The third kappa shape index (κ3) is 4.06. The third-order valence-electron chi connectivity index (χ3n) is 2.99. The molecule has 0 heterocycles.